The monoisotopic (exact) mass is 274 g/mol. The molecule has 104 valence electrons. The summed E-state index contributed by atoms with van der Waals surface area (Å²) < 4.78 is 0. The maximum atomic E-state index is 10.5. The lowest BCUT2D eigenvalue weighted by Crippen LogP contribution is -1.98. The highest BCUT2D eigenvalue weighted by Crippen LogP contribution is 2.28. The third-order valence-electron chi connectivity index (χ3n) is 2.56. The van der Waals surface area contributed by atoms with Crippen LogP contribution in [0, 0.1) is 34.1 Å². The molecule has 6 nitrogen and oxygen atoms in total. The molecule has 0 aliphatic carbocycles. The molecule has 0 spiro atoms. The van der Waals surface area contributed by atoms with E-state index in [0.29, 0.717) is 5.56 Å². The first kappa shape index (κ1) is 15.3. The number of hydrogen-bond donors (Lipinski definition) is 0. The molecule has 6 heteroatoms. The van der Waals surface area contributed by atoms with Crippen LogP contribution < -0.4 is 0 Å². The van der Waals surface area contributed by atoms with E-state index >= 15 is 0 Å². The van der Waals surface area contributed by atoms with Gasteiger partial charge in [-0.15, -0.1) is 0 Å². The van der Waals surface area contributed by atoms with Gasteiger partial charge in [-0.3, -0.25) is 20.2 Å². The van der Waals surface area contributed by atoms with E-state index < -0.39 is 9.85 Å². The maximum absolute atomic E-state index is 10.5. The maximum Gasteiger partial charge on any atom is 0.279 e. The molecule has 0 N–H and O–H groups in total. The largest absolute Gasteiger partial charge is 0.279 e. The Balaban J connectivity index is 0.000000276. The first-order chi connectivity index (χ1) is 9.43. The molecule has 0 radical (unpaired) electrons. The summed E-state index contributed by atoms with van der Waals surface area (Å²) in [6.45, 7) is 2.95. The Hall–Kier alpha value is -2.76. The second kappa shape index (κ2) is 6.98. The van der Waals surface area contributed by atoms with Crippen LogP contribution in [0.25, 0.3) is 0 Å². The van der Waals surface area contributed by atoms with E-state index in [1.165, 1.54) is 19.1 Å². The molecular weight excluding hydrogens is 260 g/mol. The molecule has 0 bridgehead atoms. The Morgan fingerprint density at radius 2 is 1.05 bits per heavy atom. The van der Waals surface area contributed by atoms with Gasteiger partial charge in [-0.05, 0) is 19.4 Å². The Morgan fingerprint density at radius 3 is 1.30 bits per heavy atom. The molecule has 0 unspecified atom stereocenters. The molecule has 0 amide bonds. The number of nitrogens with zero attached hydrogens (tertiary/aromatic N) is 2. The molecule has 0 heterocycles. The summed E-state index contributed by atoms with van der Waals surface area (Å²) in [6, 6.07) is 14.6. The van der Waals surface area contributed by atoms with Crippen LogP contribution in [-0.4, -0.2) is 9.85 Å². The van der Waals surface area contributed by atoms with Gasteiger partial charge in [-0.2, -0.15) is 0 Å². The van der Waals surface area contributed by atoms with Gasteiger partial charge in [0, 0.05) is 12.1 Å². The first-order valence-corrected chi connectivity index (χ1v) is 5.83. The van der Waals surface area contributed by atoms with Gasteiger partial charge >= 0.3 is 0 Å². The van der Waals surface area contributed by atoms with E-state index in [2.05, 4.69) is 0 Å². The summed E-state index contributed by atoms with van der Waals surface area (Å²) in [7, 11) is 0. The van der Waals surface area contributed by atoms with Gasteiger partial charge in [0.05, 0.1) is 9.85 Å². The minimum atomic E-state index is -0.616. The van der Waals surface area contributed by atoms with Crippen LogP contribution in [0.4, 0.5) is 11.4 Å². The molecule has 2 rings (SSSR count). The molecule has 2 aromatic rings. The molecule has 0 aliphatic heterocycles. The van der Waals surface area contributed by atoms with Crippen molar-refractivity contribution in [1.29, 1.82) is 0 Å². The zero-order valence-corrected chi connectivity index (χ0v) is 11.1. The van der Waals surface area contributed by atoms with Crippen LogP contribution >= 0.6 is 0 Å². The quantitative estimate of drug-likeness (QED) is 0.615. The smallest absolute Gasteiger partial charge is 0.258 e. The first-order valence-electron chi connectivity index (χ1n) is 5.83. The summed E-state index contributed by atoms with van der Waals surface area (Å²) in [4.78, 5) is 19.8. The van der Waals surface area contributed by atoms with Gasteiger partial charge in [0.25, 0.3) is 11.4 Å². The van der Waals surface area contributed by atoms with Gasteiger partial charge < -0.3 is 0 Å². The SMILES string of the molecule is Cc1cc([N+](=O)[O-])c(C)c([N+](=O)[O-])c1.c1ccccc1. The van der Waals surface area contributed by atoms with Gasteiger partial charge in [0.15, 0.2) is 0 Å². The predicted octanol–water partition coefficient (Wildman–Crippen LogP) is 3.81. The molecule has 0 aromatic heterocycles. The average Bonchev–Trinajstić information content (AvgIpc) is 2.43. The van der Waals surface area contributed by atoms with Crippen LogP contribution in [0.2, 0.25) is 0 Å². The molecule has 0 fully saturated rings. The number of aryl methyl sites for hydroxylation is 1. The lowest BCUT2D eigenvalue weighted by molar-refractivity contribution is -0.395. The predicted molar refractivity (Wildman–Crippen MR) is 75.7 cm³/mol. The Bertz CT molecular complexity index is 550. The summed E-state index contributed by atoms with van der Waals surface area (Å²) in [5.74, 6) is 0. The lowest BCUT2D eigenvalue weighted by atomic mass is 10.1. The Kier molecular flexibility index (Phi) is 5.34. The summed E-state index contributed by atoms with van der Waals surface area (Å²) >= 11 is 0. The van der Waals surface area contributed by atoms with Crippen molar-refractivity contribution in [2.75, 3.05) is 0 Å². The third kappa shape index (κ3) is 4.16. The van der Waals surface area contributed by atoms with Crippen molar-refractivity contribution in [3.8, 4) is 0 Å². The summed E-state index contributed by atoms with van der Waals surface area (Å²) in [5, 5.41) is 21.1. The fourth-order valence-electron chi connectivity index (χ4n) is 1.58. The standard InChI is InChI=1S/C8H8N2O4.C6H6/c1-5-3-7(9(11)12)6(2)8(4-5)10(13)14;1-2-4-6-5-3-1/h3-4H,1-2H3;1-6H. The van der Waals surface area contributed by atoms with Crippen LogP contribution in [-0.2, 0) is 0 Å². The summed E-state index contributed by atoms with van der Waals surface area (Å²) in [5.41, 5.74) is 0.174. The third-order valence-corrected chi connectivity index (χ3v) is 2.56. The second-order valence-electron chi connectivity index (χ2n) is 4.10. The fourth-order valence-corrected chi connectivity index (χ4v) is 1.58. The molecular formula is C14H14N2O4. The zero-order valence-electron chi connectivity index (χ0n) is 11.1. The Labute approximate surface area is 116 Å². The van der Waals surface area contributed by atoms with Gasteiger partial charge in [-0.25, -0.2) is 0 Å². The highest BCUT2D eigenvalue weighted by Gasteiger charge is 2.21. The van der Waals surface area contributed by atoms with Crippen molar-refractivity contribution < 1.29 is 9.85 Å². The van der Waals surface area contributed by atoms with E-state index in [1.807, 2.05) is 36.4 Å². The number of rotatable bonds is 2. The molecule has 0 saturated carbocycles. The number of hydrogen-bond acceptors (Lipinski definition) is 4. The van der Waals surface area contributed by atoms with Crippen molar-refractivity contribution in [2.24, 2.45) is 0 Å². The van der Waals surface area contributed by atoms with Gasteiger partial charge in [0.2, 0.25) is 0 Å². The van der Waals surface area contributed by atoms with Crippen molar-refractivity contribution in [1.82, 2.24) is 0 Å². The van der Waals surface area contributed by atoms with E-state index in [0.717, 1.165) is 0 Å². The van der Waals surface area contributed by atoms with E-state index in [1.54, 1.807) is 6.92 Å². The van der Waals surface area contributed by atoms with Crippen molar-refractivity contribution in [3.05, 3.63) is 79.9 Å². The normalized spacial score (nSPS) is 9.30. The van der Waals surface area contributed by atoms with E-state index in [9.17, 15) is 20.2 Å². The highest BCUT2D eigenvalue weighted by atomic mass is 16.6. The van der Waals surface area contributed by atoms with Crippen molar-refractivity contribution in [3.63, 3.8) is 0 Å². The minimum Gasteiger partial charge on any atom is -0.258 e. The lowest BCUT2D eigenvalue weighted by Gasteiger charge is -2.00. The van der Waals surface area contributed by atoms with E-state index in [4.69, 9.17) is 0 Å². The zero-order chi connectivity index (χ0) is 15.1. The van der Waals surface area contributed by atoms with Crippen molar-refractivity contribution >= 4 is 11.4 Å². The minimum absolute atomic E-state index is 0.0885. The van der Waals surface area contributed by atoms with Crippen LogP contribution in [0.5, 0.6) is 0 Å². The number of nitro benzene ring substituents is 2. The Morgan fingerprint density at radius 1 is 0.750 bits per heavy atom. The van der Waals surface area contributed by atoms with E-state index in [-0.39, 0.29) is 16.9 Å². The summed E-state index contributed by atoms with van der Waals surface area (Å²) in [6.07, 6.45) is 0. The van der Waals surface area contributed by atoms with Crippen molar-refractivity contribution in [2.45, 2.75) is 13.8 Å². The average molecular weight is 274 g/mol. The molecule has 0 saturated heterocycles. The van der Waals surface area contributed by atoms with Gasteiger partial charge in [-0.1, -0.05) is 36.4 Å². The van der Waals surface area contributed by atoms with Crippen LogP contribution in [0.15, 0.2) is 48.5 Å². The molecule has 0 aliphatic rings. The molecule has 2 aromatic carbocycles. The van der Waals surface area contributed by atoms with Gasteiger partial charge in [0.1, 0.15) is 5.56 Å². The number of benzene rings is 2. The molecule has 0 atom stereocenters. The van der Waals surface area contributed by atoms with Crippen LogP contribution in [0.1, 0.15) is 11.1 Å². The molecule has 20 heavy (non-hydrogen) atoms. The number of nitro groups is 2. The highest BCUT2D eigenvalue weighted by molar-refractivity contribution is 5.55. The second-order valence-corrected chi connectivity index (χ2v) is 4.10. The van der Waals surface area contributed by atoms with Crippen LogP contribution in [0.3, 0.4) is 0 Å². The fraction of sp³-hybridized carbons (Fsp3) is 0.143. The topological polar surface area (TPSA) is 86.3 Å².